The molecule has 0 bridgehead atoms. The van der Waals surface area contributed by atoms with Gasteiger partial charge in [0.25, 0.3) is 0 Å². The highest BCUT2D eigenvalue weighted by Gasteiger charge is 2.26. The molecular formula is C17H28ClN3O4S. The van der Waals surface area contributed by atoms with E-state index in [0.29, 0.717) is 18.3 Å². The molecule has 1 heterocycles. The highest BCUT2D eigenvalue weighted by Crippen LogP contribution is 2.30. The van der Waals surface area contributed by atoms with Gasteiger partial charge < -0.3 is 15.4 Å². The number of carbonyl (C=O) groups excluding carboxylic acids is 1. The minimum atomic E-state index is -3.67. The number of rotatable bonds is 6. The van der Waals surface area contributed by atoms with E-state index in [-0.39, 0.29) is 34.9 Å². The maximum absolute atomic E-state index is 12.5. The van der Waals surface area contributed by atoms with E-state index in [0.717, 1.165) is 23.7 Å². The molecule has 2 N–H and O–H groups in total. The van der Waals surface area contributed by atoms with Gasteiger partial charge in [0.05, 0.1) is 6.61 Å². The predicted molar refractivity (Wildman–Crippen MR) is 105 cm³/mol. The van der Waals surface area contributed by atoms with Gasteiger partial charge >= 0.3 is 0 Å². The minimum absolute atomic E-state index is 0. The van der Waals surface area contributed by atoms with E-state index >= 15 is 0 Å². The SMILES string of the molecule is CCOc1ccc(NC(=O)[C@H]2CCN[C@@H](C)C2)cc1S(=O)(=O)N(C)C.Cl. The largest absolute Gasteiger partial charge is 0.492 e. The molecular weight excluding hydrogens is 378 g/mol. The first-order chi connectivity index (χ1) is 11.8. The number of sulfonamides is 1. The average Bonchev–Trinajstić information content (AvgIpc) is 2.56. The summed E-state index contributed by atoms with van der Waals surface area (Å²) in [5, 5.41) is 6.16. The predicted octanol–water partition coefficient (Wildman–Crippen LogP) is 2.08. The molecule has 1 fully saturated rings. The summed E-state index contributed by atoms with van der Waals surface area (Å²) >= 11 is 0. The highest BCUT2D eigenvalue weighted by molar-refractivity contribution is 7.89. The fourth-order valence-electron chi connectivity index (χ4n) is 2.87. The Balaban J connectivity index is 0.00000338. The second-order valence-corrected chi connectivity index (χ2v) is 8.57. The average molecular weight is 406 g/mol. The van der Waals surface area contributed by atoms with E-state index in [9.17, 15) is 13.2 Å². The van der Waals surface area contributed by atoms with Gasteiger partial charge in [-0.05, 0) is 51.4 Å². The summed E-state index contributed by atoms with van der Waals surface area (Å²) in [6, 6.07) is 5.01. The van der Waals surface area contributed by atoms with Crippen molar-refractivity contribution >= 4 is 34.0 Å². The Morgan fingerprint density at radius 2 is 2.08 bits per heavy atom. The van der Waals surface area contributed by atoms with Crippen LogP contribution in [0.4, 0.5) is 5.69 Å². The van der Waals surface area contributed by atoms with Crippen molar-refractivity contribution in [2.75, 3.05) is 32.6 Å². The number of hydrogen-bond donors (Lipinski definition) is 2. The van der Waals surface area contributed by atoms with E-state index < -0.39 is 10.0 Å². The number of benzene rings is 1. The summed E-state index contributed by atoms with van der Waals surface area (Å²) in [6.45, 7) is 5.01. The highest BCUT2D eigenvalue weighted by atomic mass is 35.5. The van der Waals surface area contributed by atoms with E-state index in [2.05, 4.69) is 17.6 Å². The van der Waals surface area contributed by atoms with Crippen LogP contribution in [0.25, 0.3) is 0 Å². The van der Waals surface area contributed by atoms with E-state index in [4.69, 9.17) is 4.74 Å². The number of ether oxygens (including phenoxy) is 1. The molecule has 7 nitrogen and oxygen atoms in total. The third kappa shape index (κ3) is 5.33. The molecule has 148 valence electrons. The van der Waals surface area contributed by atoms with Crippen LogP contribution in [0.3, 0.4) is 0 Å². The van der Waals surface area contributed by atoms with Gasteiger partial charge in [0.1, 0.15) is 10.6 Å². The van der Waals surface area contributed by atoms with Gasteiger partial charge in [-0.25, -0.2) is 12.7 Å². The summed E-state index contributed by atoms with van der Waals surface area (Å²) in [5.74, 6) is 0.132. The van der Waals surface area contributed by atoms with Crippen LogP contribution >= 0.6 is 12.4 Å². The number of nitrogens with zero attached hydrogens (tertiary/aromatic N) is 1. The van der Waals surface area contributed by atoms with Gasteiger partial charge in [-0.1, -0.05) is 0 Å². The topological polar surface area (TPSA) is 87.7 Å². The summed E-state index contributed by atoms with van der Waals surface area (Å²) in [4.78, 5) is 12.5. The lowest BCUT2D eigenvalue weighted by Gasteiger charge is -2.27. The second-order valence-electron chi connectivity index (χ2n) is 6.45. The van der Waals surface area contributed by atoms with E-state index in [1.54, 1.807) is 19.1 Å². The van der Waals surface area contributed by atoms with Gasteiger partial charge in [0, 0.05) is 31.7 Å². The normalized spacial score (nSPS) is 20.3. The van der Waals surface area contributed by atoms with Gasteiger partial charge in [0.2, 0.25) is 15.9 Å². The molecule has 1 saturated heterocycles. The molecule has 0 unspecified atom stereocenters. The zero-order valence-corrected chi connectivity index (χ0v) is 17.2. The van der Waals surface area contributed by atoms with Crippen molar-refractivity contribution < 1.29 is 17.9 Å². The molecule has 1 aromatic carbocycles. The fraction of sp³-hybridized carbons (Fsp3) is 0.588. The van der Waals surface area contributed by atoms with Gasteiger partial charge in [0.15, 0.2) is 0 Å². The van der Waals surface area contributed by atoms with E-state index in [1.807, 2.05) is 0 Å². The Morgan fingerprint density at radius 1 is 1.38 bits per heavy atom. The number of carbonyl (C=O) groups is 1. The first-order valence-electron chi connectivity index (χ1n) is 8.49. The van der Waals surface area contributed by atoms with Crippen LogP contribution in [-0.2, 0) is 14.8 Å². The van der Waals surface area contributed by atoms with Gasteiger partial charge in [-0.3, -0.25) is 4.79 Å². The molecule has 1 aliphatic heterocycles. The molecule has 0 saturated carbocycles. The first-order valence-corrected chi connectivity index (χ1v) is 9.93. The van der Waals surface area contributed by atoms with Crippen LogP contribution in [-0.4, -0.2) is 51.9 Å². The molecule has 26 heavy (non-hydrogen) atoms. The molecule has 9 heteroatoms. The van der Waals surface area contributed by atoms with Crippen molar-refractivity contribution in [3.8, 4) is 5.75 Å². The van der Waals surface area contributed by atoms with Crippen LogP contribution in [0.2, 0.25) is 0 Å². The summed E-state index contributed by atoms with van der Waals surface area (Å²) < 4.78 is 31.6. The maximum Gasteiger partial charge on any atom is 0.246 e. The first kappa shape index (κ1) is 22.7. The lowest BCUT2D eigenvalue weighted by molar-refractivity contribution is -0.120. The van der Waals surface area contributed by atoms with Gasteiger partial charge in [-0.2, -0.15) is 0 Å². The maximum atomic E-state index is 12.5. The van der Waals surface area contributed by atoms with Crippen molar-refractivity contribution in [1.82, 2.24) is 9.62 Å². The lowest BCUT2D eigenvalue weighted by atomic mass is 9.92. The standard InChI is InChI=1S/C17H27N3O4S.ClH/c1-5-24-15-7-6-14(11-16(15)25(22,23)20(3)4)19-17(21)13-8-9-18-12(2)10-13;/h6-7,11-13,18H,5,8-10H2,1-4H3,(H,19,21);1H/t12-,13-;/m0./s1. The fourth-order valence-corrected chi connectivity index (χ4v) is 3.92. The molecule has 1 aromatic rings. The van der Waals surface area contributed by atoms with Crippen LogP contribution in [0.5, 0.6) is 5.75 Å². The van der Waals surface area contributed by atoms with Crippen LogP contribution in [0, 0.1) is 5.92 Å². The Labute approximate surface area is 161 Å². The van der Waals surface area contributed by atoms with Crippen LogP contribution < -0.4 is 15.4 Å². The third-order valence-electron chi connectivity index (χ3n) is 4.26. The zero-order valence-electron chi connectivity index (χ0n) is 15.6. The Bertz CT molecular complexity index is 725. The van der Waals surface area contributed by atoms with Gasteiger partial charge in [-0.15, -0.1) is 12.4 Å². The number of piperidine rings is 1. The molecule has 1 aliphatic rings. The van der Waals surface area contributed by atoms with Crippen molar-refractivity contribution in [3.63, 3.8) is 0 Å². The van der Waals surface area contributed by atoms with E-state index in [1.165, 1.54) is 20.2 Å². The molecule has 0 spiro atoms. The molecule has 1 amide bonds. The second kappa shape index (κ2) is 9.55. The minimum Gasteiger partial charge on any atom is -0.492 e. The van der Waals surface area contributed by atoms with Crippen molar-refractivity contribution in [2.45, 2.75) is 37.6 Å². The van der Waals surface area contributed by atoms with Crippen LogP contribution in [0.15, 0.2) is 23.1 Å². The Kier molecular flexibility index (Phi) is 8.33. The third-order valence-corrected chi connectivity index (χ3v) is 6.10. The number of amides is 1. The monoisotopic (exact) mass is 405 g/mol. The van der Waals surface area contributed by atoms with Crippen molar-refractivity contribution in [1.29, 1.82) is 0 Å². The smallest absolute Gasteiger partial charge is 0.246 e. The molecule has 0 aliphatic carbocycles. The summed E-state index contributed by atoms with van der Waals surface area (Å²) in [7, 11) is -0.745. The van der Waals surface area contributed by atoms with Crippen LogP contribution in [0.1, 0.15) is 26.7 Å². The molecule has 0 radical (unpaired) electrons. The summed E-state index contributed by atoms with van der Waals surface area (Å²) in [6.07, 6.45) is 1.54. The molecule has 0 aromatic heterocycles. The van der Waals surface area contributed by atoms with Crippen molar-refractivity contribution in [3.05, 3.63) is 18.2 Å². The number of halogens is 1. The molecule has 2 atom stereocenters. The Hall–Kier alpha value is -1.35. The quantitative estimate of drug-likeness (QED) is 0.756. The lowest BCUT2D eigenvalue weighted by Crippen LogP contribution is -2.40. The zero-order chi connectivity index (χ0) is 18.6. The number of anilines is 1. The van der Waals surface area contributed by atoms with Crippen molar-refractivity contribution in [2.24, 2.45) is 5.92 Å². The number of hydrogen-bond acceptors (Lipinski definition) is 5. The summed E-state index contributed by atoms with van der Waals surface area (Å²) in [5.41, 5.74) is 0.458. The Morgan fingerprint density at radius 3 is 2.65 bits per heavy atom. The number of nitrogens with one attached hydrogen (secondary N) is 2. The molecule has 2 rings (SSSR count).